The Morgan fingerprint density at radius 3 is 2.43 bits per heavy atom. The zero-order chi connectivity index (χ0) is 10.8. The molecule has 1 aromatic carbocycles. The van der Waals surface area contributed by atoms with Gasteiger partial charge in [0.1, 0.15) is 5.82 Å². The van der Waals surface area contributed by atoms with Crippen molar-refractivity contribution >= 4 is 6.21 Å². The zero-order valence-electron chi connectivity index (χ0n) is 6.72. The first-order valence-corrected chi connectivity index (χ1v) is 3.50. The zero-order valence-corrected chi connectivity index (χ0v) is 6.72. The second-order valence-corrected chi connectivity index (χ2v) is 2.44. The van der Waals surface area contributed by atoms with Crippen molar-refractivity contribution in [2.24, 2.45) is 5.16 Å². The Balaban J connectivity index is 3.36. The molecule has 0 amide bonds. The van der Waals surface area contributed by atoms with Crippen LogP contribution < -0.4 is 0 Å². The summed E-state index contributed by atoms with van der Waals surface area (Å²) in [6.07, 6.45) is -4.25. The van der Waals surface area contributed by atoms with E-state index in [4.69, 9.17) is 5.21 Å². The Bertz CT molecular complexity index is 359. The summed E-state index contributed by atoms with van der Waals surface area (Å²) in [5.74, 6) is -1.09. The van der Waals surface area contributed by atoms with Gasteiger partial charge in [0.05, 0.1) is 11.8 Å². The molecule has 14 heavy (non-hydrogen) atoms. The SMILES string of the molecule is O/N=C/c1c(F)cccc1C(F)(F)F. The average molecular weight is 207 g/mol. The van der Waals surface area contributed by atoms with E-state index in [2.05, 4.69) is 5.16 Å². The van der Waals surface area contributed by atoms with Gasteiger partial charge in [0.2, 0.25) is 0 Å². The summed E-state index contributed by atoms with van der Waals surface area (Å²) in [4.78, 5) is 0. The van der Waals surface area contributed by atoms with E-state index in [1.165, 1.54) is 0 Å². The summed E-state index contributed by atoms with van der Waals surface area (Å²) in [6, 6.07) is 2.50. The number of nitrogens with zero attached hydrogens (tertiary/aromatic N) is 1. The second kappa shape index (κ2) is 3.65. The molecule has 0 aromatic heterocycles. The molecule has 0 aliphatic heterocycles. The highest BCUT2D eigenvalue weighted by molar-refractivity contribution is 5.81. The van der Waals surface area contributed by atoms with Crippen LogP contribution in [0.3, 0.4) is 0 Å². The van der Waals surface area contributed by atoms with Gasteiger partial charge < -0.3 is 5.21 Å². The van der Waals surface area contributed by atoms with Crippen LogP contribution in [-0.4, -0.2) is 11.4 Å². The molecule has 0 bridgehead atoms. The molecule has 0 aliphatic carbocycles. The molecule has 0 aliphatic rings. The normalized spacial score (nSPS) is 12.3. The van der Waals surface area contributed by atoms with E-state index in [1.54, 1.807) is 0 Å². The van der Waals surface area contributed by atoms with E-state index < -0.39 is 23.1 Å². The van der Waals surface area contributed by atoms with E-state index in [0.29, 0.717) is 12.3 Å². The molecule has 0 saturated carbocycles. The van der Waals surface area contributed by atoms with Crippen LogP contribution in [0.1, 0.15) is 11.1 Å². The molecule has 0 unspecified atom stereocenters. The van der Waals surface area contributed by atoms with Gasteiger partial charge in [0, 0.05) is 5.56 Å². The van der Waals surface area contributed by atoms with Gasteiger partial charge in [0.15, 0.2) is 0 Å². The van der Waals surface area contributed by atoms with Crippen molar-refractivity contribution in [3.05, 3.63) is 35.1 Å². The number of benzene rings is 1. The quantitative estimate of drug-likeness (QED) is 0.326. The van der Waals surface area contributed by atoms with Gasteiger partial charge >= 0.3 is 6.18 Å². The minimum Gasteiger partial charge on any atom is -0.411 e. The number of oxime groups is 1. The molecule has 6 heteroatoms. The maximum atomic E-state index is 12.9. The first kappa shape index (κ1) is 10.5. The maximum absolute atomic E-state index is 12.9. The molecule has 1 rings (SSSR count). The fraction of sp³-hybridized carbons (Fsp3) is 0.125. The van der Waals surface area contributed by atoms with Crippen molar-refractivity contribution in [2.45, 2.75) is 6.18 Å². The van der Waals surface area contributed by atoms with Gasteiger partial charge in [-0.15, -0.1) is 0 Å². The Kier molecular flexibility index (Phi) is 2.73. The molecule has 2 nitrogen and oxygen atoms in total. The van der Waals surface area contributed by atoms with E-state index >= 15 is 0 Å². The van der Waals surface area contributed by atoms with Crippen molar-refractivity contribution in [2.75, 3.05) is 0 Å². The molecule has 76 valence electrons. The third-order valence-electron chi connectivity index (χ3n) is 1.55. The lowest BCUT2D eigenvalue weighted by molar-refractivity contribution is -0.137. The molecule has 0 saturated heterocycles. The molecule has 0 atom stereocenters. The van der Waals surface area contributed by atoms with Crippen LogP contribution in [0, 0.1) is 5.82 Å². The van der Waals surface area contributed by atoms with Crippen molar-refractivity contribution < 1.29 is 22.8 Å². The van der Waals surface area contributed by atoms with Gasteiger partial charge in [-0.05, 0) is 12.1 Å². The van der Waals surface area contributed by atoms with Crippen LogP contribution in [0.4, 0.5) is 17.6 Å². The fourth-order valence-corrected chi connectivity index (χ4v) is 0.973. The third-order valence-corrected chi connectivity index (χ3v) is 1.55. The molecule has 1 aromatic rings. The predicted molar refractivity (Wildman–Crippen MR) is 40.8 cm³/mol. The minimum absolute atomic E-state index is 0.415. The van der Waals surface area contributed by atoms with Crippen molar-refractivity contribution in [1.82, 2.24) is 0 Å². The van der Waals surface area contributed by atoms with Crippen molar-refractivity contribution in [1.29, 1.82) is 0 Å². The Labute approximate surface area is 76.5 Å². The number of hydrogen-bond donors (Lipinski definition) is 1. The highest BCUT2D eigenvalue weighted by Gasteiger charge is 2.33. The smallest absolute Gasteiger partial charge is 0.411 e. The summed E-state index contributed by atoms with van der Waals surface area (Å²) in [5.41, 5.74) is -1.95. The first-order valence-electron chi connectivity index (χ1n) is 3.50. The maximum Gasteiger partial charge on any atom is 0.417 e. The third kappa shape index (κ3) is 2.01. The molecule has 0 radical (unpaired) electrons. The molecule has 0 heterocycles. The summed E-state index contributed by atoms with van der Waals surface area (Å²) >= 11 is 0. The number of hydrogen-bond acceptors (Lipinski definition) is 2. The molecular formula is C8H5F4NO. The van der Waals surface area contributed by atoms with Gasteiger partial charge in [-0.1, -0.05) is 11.2 Å². The van der Waals surface area contributed by atoms with Crippen molar-refractivity contribution in [3.8, 4) is 0 Å². The highest BCUT2D eigenvalue weighted by Crippen LogP contribution is 2.32. The Morgan fingerprint density at radius 1 is 1.29 bits per heavy atom. The summed E-state index contributed by atoms with van der Waals surface area (Å²) in [5, 5.41) is 10.4. The highest BCUT2D eigenvalue weighted by atomic mass is 19.4. The summed E-state index contributed by atoms with van der Waals surface area (Å²) < 4.78 is 49.6. The van der Waals surface area contributed by atoms with E-state index in [9.17, 15) is 17.6 Å². The fourth-order valence-electron chi connectivity index (χ4n) is 0.973. The monoisotopic (exact) mass is 207 g/mol. The standard InChI is InChI=1S/C8H5F4NO/c9-7-3-1-2-6(8(10,11)12)5(7)4-13-14/h1-4,14H/b13-4+. The largest absolute Gasteiger partial charge is 0.417 e. The van der Waals surface area contributed by atoms with Gasteiger partial charge in [-0.3, -0.25) is 0 Å². The van der Waals surface area contributed by atoms with Crippen LogP contribution in [0.15, 0.2) is 23.4 Å². The van der Waals surface area contributed by atoms with Crippen LogP contribution in [0.2, 0.25) is 0 Å². The lowest BCUT2D eigenvalue weighted by Crippen LogP contribution is -2.10. The Hall–Kier alpha value is -1.59. The number of rotatable bonds is 1. The van der Waals surface area contributed by atoms with Crippen LogP contribution in [0.5, 0.6) is 0 Å². The van der Waals surface area contributed by atoms with Crippen LogP contribution in [-0.2, 0) is 6.18 Å². The molecule has 1 N–H and O–H groups in total. The Morgan fingerprint density at radius 2 is 1.93 bits per heavy atom. The lowest BCUT2D eigenvalue weighted by atomic mass is 10.1. The van der Waals surface area contributed by atoms with Gasteiger partial charge in [-0.2, -0.15) is 13.2 Å². The van der Waals surface area contributed by atoms with E-state index in [-0.39, 0.29) is 0 Å². The van der Waals surface area contributed by atoms with Crippen LogP contribution >= 0.6 is 0 Å². The predicted octanol–water partition coefficient (Wildman–Crippen LogP) is 2.65. The molecule has 0 fully saturated rings. The average Bonchev–Trinajstić information content (AvgIpc) is 2.07. The lowest BCUT2D eigenvalue weighted by Gasteiger charge is -2.09. The van der Waals surface area contributed by atoms with E-state index in [1.807, 2.05) is 0 Å². The van der Waals surface area contributed by atoms with Gasteiger partial charge in [0.25, 0.3) is 0 Å². The van der Waals surface area contributed by atoms with Gasteiger partial charge in [-0.25, -0.2) is 4.39 Å². The van der Waals surface area contributed by atoms with E-state index in [0.717, 1.165) is 12.1 Å². The summed E-state index contributed by atoms with van der Waals surface area (Å²) in [6.45, 7) is 0. The van der Waals surface area contributed by atoms with Crippen LogP contribution in [0.25, 0.3) is 0 Å². The van der Waals surface area contributed by atoms with Crippen molar-refractivity contribution in [3.63, 3.8) is 0 Å². The minimum atomic E-state index is -4.67. The molecule has 0 spiro atoms. The topological polar surface area (TPSA) is 32.6 Å². The number of alkyl halides is 3. The molecular weight excluding hydrogens is 202 g/mol. The number of halogens is 4. The summed E-state index contributed by atoms with van der Waals surface area (Å²) in [7, 11) is 0. The second-order valence-electron chi connectivity index (χ2n) is 2.44. The first-order chi connectivity index (χ1) is 6.46.